The van der Waals surface area contributed by atoms with E-state index in [1.807, 2.05) is 54.9 Å². The summed E-state index contributed by atoms with van der Waals surface area (Å²) in [5.41, 5.74) is 5.19. The van der Waals surface area contributed by atoms with E-state index in [1.165, 1.54) is 6.08 Å². The number of benzene rings is 2. The average Bonchev–Trinajstić information content (AvgIpc) is 3.04. The molecule has 0 aliphatic heterocycles. The van der Waals surface area contributed by atoms with Gasteiger partial charge < -0.3 is 4.74 Å². The molecule has 0 aliphatic carbocycles. The van der Waals surface area contributed by atoms with Gasteiger partial charge in [-0.05, 0) is 43.5 Å². The van der Waals surface area contributed by atoms with Crippen molar-refractivity contribution in [1.29, 1.82) is 0 Å². The van der Waals surface area contributed by atoms with Gasteiger partial charge in [0, 0.05) is 27.9 Å². The lowest BCUT2D eigenvalue weighted by Crippen LogP contribution is -2.12. The molecule has 0 fully saturated rings. The smallest absolute Gasteiger partial charge is 0.331 e. The third-order valence-corrected chi connectivity index (χ3v) is 5.50. The number of aryl methyl sites for hydroxylation is 2. The van der Waals surface area contributed by atoms with Gasteiger partial charge in [0.2, 0.25) is 0 Å². The molecule has 0 saturated heterocycles. The van der Waals surface area contributed by atoms with Crippen LogP contribution in [0.5, 0.6) is 0 Å². The van der Waals surface area contributed by atoms with E-state index in [4.69, 9.17) is 16.3 Å². The molecule has 0 spiro atoms. The standard InChI is InChI=1S/C25H25ClN2O3/c1-4-19-9-11-20(12-10-19)24(29)16-31-25(30)14-13-22-17(2)27-28(18(22)3)15-21-7-5-6-8-23(21)26/h5-14H,4,15-16H2,1-3H3. The number of hydrogen-bond acceptors (Lipinski definition) is 4. The Bertz CT molecular complexity index is 1110. The first-order valence-electron chi connectivity index (χ1n) is 10.1. The molecule has 0 bridgehead atoms. The number of halogens is 1. The molecule has 1 heterocycles. The van der Waals surface area contributed by atoms with Crippen molar-refractivity contribution in [2.75, 3.05) is 6.61 Å². The SMILES string of the molecule is CCc1ccc(C(=O)COC(=O)C=Cc2c(C)nn(Cc3ccccc3Cl)c2C)cc1. The van der Waals surface area contributed by atoms with Gasteiger partial charge in [-0.25, -0.2) is 4.79 Å². The van der Waals surface area contributed by atoms with Gasteiger partial charge in [-0.2, -0.15) is 5.10 Å². The van der Waals surface area contributed by atoms with Crippen LogP contribution in [0.1, 0.15) is 45.4 Å². The fraction of sp³-hybridized carbons (Fsp3) is 0.240. The molecule has 0 atom stereocenters. The number of Topliss-reactive ketones (excluding diaryl/α,β-unsaturated/α-hetero) is 1. The Morgan fingerprint density at radius 1 is 1.10 bits per heavy atom. The van der Waals surface area contributed by atoms with Crippen molar-refractivity contribution >= 4 is 29.4 Å². The number of aromatic nitrogens is 2. The van der Waals surface area contributed by atoms with Crippen molar-refractivity contribution < 1.29 is 14.3 Å². The largest absolute Gasteiger partial charge is 0.454 e. The summed E-state index contributed by atoms with van der Waals surface area (Å²) in [6, 6.07) is 14.9. The minimum Gasteiger partial charge on any atom is -0.454 e. The van der Waals surface area contributed by atoms with Crippen LogP contribution in [0.2, 0.25) is 5.02 Å². The highest BCUT2D eigenvalue weighted by Gasteiger charge is 2.12. The Morgan fingerprint density at radius 3 is 2.48 bits per heavy atom. The molecule has 0 radical (unpaired) electrons. The first kappa shape index (κ1) is 22.5. The molecule has 0 unspecified atom stereocenters. The Kier molecular flexibility index (Phi) is 7.42. The van der Waals surface area contributed by atoms with E-state index in [1.54, 1.807) is 18.2 Å². The summed E-state index contributed by atoms with van der Waals surface area (Å²) >= 11 is 6.25. The normalized spacial score (nSPS) is 11.1. The Labute approximate surface area is 187 Å². The molecule has 2 aromatic carbocycles. The minimum absolute atomic E-state index is 0.232. The summed E-state index contributed by atoms with van der Waals surface area (Å²) in [5.74, 6) is -0.805. The summed E-state index contributed by atoms with van der Waals surface area (Å²) < 4.78 is 6.97. The van der Waals surface area contributed by atoms with E-state index < -0.39 is 5.97 Å². The topological polar surface area (TPSA) is 61.2 Å². The maximum atomic E-state index is 12.2. The molecular weight excluding hydrogens is 412 g/mol. The number of ketones is 1. The summed E-state index contributed by atoms with van der Waals surface area (Å²) in [6.07, 6.45) is 3.90. The highest BCUT2D eigenvalue weighted by atomic mass is 35.5. The zero-order valence-electron chi connectivity index (χ0n) is 17.9. The van der Waals surface area contributed by atoms with Gasteiger partial charge in [0.25, 0.3) is 0 Å². The Morgan fingerprint density at radius 2 is 1.81 bits per heavy atom. The Balaban J connectivity index is 1.61. The average molecular weight is 437 g/mol. The summed E-state index contributed by atoms with van der Waals surface area (Å²) in [4.78, 5) is 24.3. The summed E-state index contributed by atoms with van der Waals surface area (Å²) in [7, 11) is 0. The highest BCUT2D eigenvalue weighted by Crippen LogP contribution is 2.20. The predicted octanol–water partition coefficient (Wildman–Crippen LogP) is 5.20. The van der Waals surface area contributed by atoms with Gasteiger partial charge in [-0.15, -0.1) is 0 Å². The second kappa shape index (κ2) is 10.2. The Hall–Kier alpha value is -3.18. The third kappa shape index (κ3) is 5.70. The number of esters is 1. The lowest BCUT2D eigenvalue weighted by Gasteiger charge is -2.06. The van der Waals surface area contributed by atoms with Crippen LogP contribution in [0.4, 0.5) is 0 Å². The fourth-order valence-electron chi connectivity index (χ4n) is 3.24. The zero-order valence-corrected chi connectivity index (χ0v) is 18.6. The predicted molar refractivity (Wildman–Crippen MR) is 122 cm³/mol. The molecule has 0 saturated carbocycles. The second-order valence-corrected chi connectivity index (χ2v) is 7.66. The maximum absolute atomic E-state index is 12.2. The maximum Gasteiger partial charge on any atom is 0.331 e. The molecule has 5 nitrogen and oxygen atoms in total. The molecule has 0 amide bonds. The highest BCUT2D eigenvalue weighted by molar-refractivity contribution is 6.31. The van der Waals surface area contributed by atoms with Crippen molar-refractivity contribution in [2.24, 2.45) is 0 Å². The van der Waals surface area contributed by atoms with Crippen LogP contribution in [0.25, 0.3) is 6.08 Å². The number of hydrogen-bond donors (Lipinski definition) is 0. The van der Waals surface area contributed by atoms with Gasteiger partial charge in [0.05, 0.1) is 12.2 Å². The van der Waals surface area contributed by atoms with Crippen molar-refractivity contribution in [3.05, 3.63) is 93.3 Å². The van der Waals surface area contributed by atoms with Crippen LogP contribution >= 0.6 is 11.6 Å². The first-order chi connectivity index (χ1) is 14.9. The van der Waals surface area contributed by atoms with E-state index in [9.17, 15) is 9.59 Å². The van der Waals surface area contributed by atoms with Crippen LogP contribution in [0, 0.1) is 13.8 Å². The monoisotopic (exact) mass is 436 g/mol. The van der Waals surface area contributed by atoms with Crippen LogP contribution < -0.4 is 0 Å². The summed E-state index contributed by atoms with van der Waals surface area (Å²) in [6.45, 7) is 6.11. The van der Waals surface area contributed by atoms with Gasteiger partial charge >= 0.3 is 5.97 Å². The van der Waals surface area contributed by atoms with Crippen LogP contribution in [0.3, 0.4) is 0 Å². The van der Waals surface area contributed by atoms with E-state index >= 15 is 0 Å². The first-order valence-corrected chi connectivity index (χ1v) is 10.5. The molecule has 0 aliphatic rings. The molecule has 3 aromatic rings. The molecule has 0 N–H and O–H groups in total. The number of ether oxygens (including phenoxy) is 1. The number of carbonyl (C=O) groups excluding carboxylic acids is 2. The van der Waals surface area contributed by atoms with Gasteiger partial charge in [0.1, 0.15) is 0 Å². The van der Waals surface area contributed by atoms with Crippen LogP contribution in [0.15, 0.2) is 54.6 Å². The van der Waals surface area contributed by atoms with E-state index in [0.29, 0.717) is 17.1 Å². The summed E-state index contributed by atoms with van der Waals surface area (Å²) in [5, 5.41) is 5.24. The quantitative estimate of drug-likeness (QED) is 0.276. The zero-order chi connectivity index (χ0) is 22.4. The van der Waals surface area contributed by atoms with Gasteiger partial charge in [-0.3, -0.25) is 9.48 Å². The lowest BCUT2D eigenvalue weighted by molar-refractivity contribution is -0.136. The molecule has 31 heavy (non-hydrogen) atoms. The van der Waals surface area contributed by atoms with Crippen molar-refractivity contribution in [1.82, 2.24) is 9.78 Å². The molecule has 160 valence electrons. The molecule has 6 heteroatoms. The van der Waals surface area contributed by atoms with E-state index in [0.717, 1.165) is 34.5 Å². The van der Waals surface area contributed by atoms with Crippen molar-refractivity contribution in [3.63, 3.8) is 0 Å². The molecular formula is C25H25ClN2O3. The van der Waals surface area contributed by atoms with Crippen molar-refractivity contribution in [2.45, 2.75) is 33.7 Å². The van der Waals surface area contributed by atoms with Crippen LogP contribution in [-0.2, 0) is 22.5 Å². The van der Waals surface area contributed by atoms with Crippen molar-refractivity contribution in [3.8, 4) is 0 Å². The van der Waals surface area contributed by atoms with E-state index in [-0.39, 0.29) is 12.4 Å². The lowest BCUT2D eigenvalue weighted by atomic mass is 10.1. The number of rotatable bonds is 8. The minimum atomic E-state index is -0.573. The molecule has 3 rings (SSSR count). The van der Waals surface area contributed by atoms with E-state index in [2.05, 4.69) is 12.0 Å². The number of nitrogens with zero attached hydrogens (tertiary/aromatic N) is 2. The van der Waals surface area contributed by atoms with Crippen LogP contribution in [-0.4, -0.2) is 28.1 Å². The second-order valence-electron chi connectivity index (χ2n) is 7.25. The van der Waals surface area contributed by atoms with Gasteiger partial charge in [-0.1, -0.05) is 61.0 Å². The number of carbonyl (C=O) groups is 2. The third-order valence-electron chi connectivity index (χ3n) is 5.13. The fourth-order valence-corrected chi connectivity index (χ4v) is 3.44. The van der Waals surface area contributed by atoms with Gasteiger partial charge in [0.15, 0.2) is 12.4 Å². The molecule has 1 aromatic heterocycles.